The maximum atomic E-state index is 13.0. The number of hydrogen-bond donors (Lipinski definition) is 1. The van der Waals surface area contributed by atoms with E-state index in [-0.39, 0.29) is 23.3 Å². The molecule has 152 valence electrons. The lowest BCUT2D eigenvalue weighted by molar-refractivity contribution is -0.120. The van der Waals surface area contributed by atoms with Gasteiger partial charge in [0.15, 0.2) is 0 Å². The quantitative estimate of drug-likeness (QED) is 0.665. The Kier molecular flexibility index (Phi) is 5.58. The van der Waals surface area contributed by atoms with E-state index in [0.29, 0.717) is 25.1 Å². The van der Waals surface area contributed by atoms with Gasteiger partial charge in [0, 0.05) is 23.5 Å². The first kappa shape index (κ1) is 19.9. The Bertz CT molecular complexity index is 1120. The Labute approximate surface area is 174 Å². The molecule has 4 rings (SSSR count). The van der Waals surface area contributed by atoms with Gasteiger partial charge in [-0.15, -0.1) is 11.3 Å². The highest BCUT2D eigenvalue weighted by Gasteiger charge is 2.33. The van der Waals surface area contributed by atoms with Crippen molar-refractivity contribution in [1.82, 2.24) is 4.31 Å². The SMILES string of the molecule is COc1ccc(S(=O)(=O)N2CCCC(C(=O)Nc3ccc4sccc4c3)C2)cc1. The third kappa shape index (κ3) is 4.14. The number of piperidine rings is 1. The number of hydrogen-bond acceptors (Lipinski definition) is 5. The molecule has 1 amide bonds. The monoisotopic (exact) mass is 430 g/mol. The van der Waals surface area contributed by atoms with Gasteiger partial charge in [-0.2, -0.15) is 4.31 Å². The zero-order chi connectivity index (χ0) is 20.4. The van der Waals surface area contributed by atoms with E-state index in [4.69, 9.17) is 4.74 Å². The number of fused-ring (bicyclic) bond motifs is 1. The number of sulfonamides is 1. The number of rotatable bonds is 5. The number of methoxy groups -OCH3 is 1. The summed E-state index contributed by atoms with van der Waals surface area (Å²) in [6, 6.07) is 14.1. The van der Waals surface area contributed by atoms with Crippen LogP contribution in [0.2, 0.25) is 0 Å². The fourth-order valence-electron chi connectivity index (χ4n) is 3.56. The molecular weight excluding hydrogens is 408 g/mol. The number of benzene rings is 2. The molecule has 1 atom stereocenters. The summed E-state index contributed by atoms with van der Waals surface area (Å²) in [6.07, 6.45) is 1.32. The van der Waals surface area contributed by atoms with E-state index in [1.807, 2.05) is 29.6 Å². The van der Waals surface area contributed by atoms with Gasteiger partial charge >= 0.3 is 0 Å². The van der Waals surface area contributed by atoms with Crippen molar-refractivity contribution in [2.45, 2.75) is 17.7 Å². The predicted octanol–water partition coefficient (Wildman–Crippen LogP) is 3.95. The van der Waals surface area contributed by atoms with Gasteiger partial charge in [0.1, 0.15) is 5.75 Å². The normalized spacial score (nSPS) is 17.9. The van der Waals surface area contributed by atoms with Crippen molar-refractivity contribution < 1.29 is 17.9 Å². The van der Waals surface area contributed by atoms with Crippen LogP contribution in [-0.2, 0) is 14.8 Å². The van der Waals surface area contributed by atoms with Crippen LogP contribution in [0.3, 0.4) is 0 Å². The Balaban J connectivity index is 1.47. The fourth-order valence-corrected chi connectivity index (χ4v) is 5.85. The highest BCUT2D eigenvalue weighted by Crippen LogP contribution is 2.27. The highest BCUT2D eigenvalue weighted by atomic mass is 32.2. The summed E-state index contributed by atoms with van der Waals surface area (Å²) in [6.45, 7) is 0.597. The summed E-state index contributed by atoms with van der Waals surface area (Å²) in [4.78, 5) is 13.0. The van der Waals surface area contributed by atoms with E-state index in [0.717, 1.165) is 15.8 Å². The Morgan fingerprint density at radius 3 is 2.72 bits per heavy atom. The smallest absolute Gasteiger partial charge is 0.243 e. The fraction of sp³-hybridized carbons (Fsp3) is 0.286. The third-order valence-electron chi connectivity index (χ3n) is 5.17. The van der Waals surface area contributed by atoms with Gasteiger partial charge in [0.25, 0.3) is 0 Å². The first-order valence-corrected chi connectivity index (χ1v) is 11.7. The maximum Gasteiger partial charge on any atom is 0.243 e. The molecule has 1 unspecified atom stereocenters. The number of carbonyl (C=O) groups excluding carboxylic acids is 1. The topological polar surface area (TPSA) is 75.7 Å². The lowest BCUT2D eigenvalue weighted by atomic mass is 9.98. The minimum absolute atomic E-state index is 0.144. The number of carbonyl (C=O) groups is 1. The third-order valence-corrected chi connectivity index (χ3v) is 7.95. The van der Waals surface area contributed by atoms with E-state index in [9.17, 15) is 13.2 Å². The molecule has 1 aromatic heterocycles. The molecule has 1 fully saturated rings. The number of amides is 1. The summed E-state index contributed by atoms with van der Waals surface area (Å²) in [7, 11) is -2.11. The van der Waals surface area contributed by atoms with Crippen LogP contribution in [0.15, 0.2) is 58.8 Å². The molecule has 29 heavy (non-hydrogen) atoms. The van der Waals surface area contributed by atoms with E-state index in [1.54, 1.807) is 23.5 Å². The minimum atomic E-state index is -3.65. The number of ether oxygens (including phenoxy) is 1. The first-order chi connectivity index (χ1) is 14.0. The van der Waals surface area contributed by atoms with Crippen LogP contribution in [0, 0.1) is 5.92 Å². The van der Waals surface area contributed by atoms with Crippen LogP contribution in [0.1, 0.15) is 12.8 Å². The number of thiophene rings is 1. The van der Waals surface area contributed by atoms with Crippen molar-refractivity contribution in [3.05, 3.63) is 53.9 Å². The first-order valence-electron chi connectivity index (χ1n) is 9.40. The minimum Gasteiger partial charge on any atom is -0.497 e. The summed E-state index contributed by atoms with van der Waals surface area (Å²) in [5, 5.41) is 6.04. The zero-order valence-corrected chi connectivity index (χ0v) is 17.6. The molecule has 0 saturated carbocycles. The molecule has 0 spiro atoms. The van der Waals surface area contributed by atoms with Crippen molar-refractivity contribution in [1.29, 1.82) is 0 Å². The lowest BCUT2D eigenvalue weighted by Gasteiger charge is -2.31. The maximum absolute atomic E-state index is 13.0. The second kappa shape index (κ2) is 8.14. The van der Waals surface area contributed by atoms with Gasteiger partial charge < -0.3 is 10.1 Å². The average Bonchev–Trinajstić information content (AvgIpc) is 3.22. The molecule has 2 aromatic carbocycles. The van der Waals surface area contributed by atoms with Crippen molar-refractivity contribution in [2.24, 2.45) is 5.92 Å². The van der Waals surface area contributed by atoms with Crippen LogP contribution in [-0.4, -0.2) is 38.8 Å². The molecule has 1 aliphatic rings. The molecule has 3 aromatic rings. The zero-order valence-electron chi connectivity index (χ0n) is 16.0. The summed E-state index contributed by atoms with van der Waals surface area (Å²) in [5.41, 5.74) is 0.732. The van der Waals surface area contributed by atoms with Crippen molar-refractivity contribution in [3.8, 4) is 5.75 Å². The standard InChI is InChI=1S/C21H22N2O4S2/c1-27-18-5-7-19(8-6-18)29(25,26)23-11-2-3-16(14-23)21(24)22-17-4-9-20-15(13-17)10-12-28-20/h4-10,12-13,16H,2-3,11,14H2,1H3,(H,22,24). The lowest BCUT2D eigenvalue weighted by Crippen LogP contribution is -2.43. The van der Waals surface area contributed by atoms with E-state index >= 15 is 0 Å². The van der Waals surface area contributed by atoms with Gasteiger partial charge in [0.2, 0.25) is 15.9 Å². The van der Waals surface area contributed by atoms with E-state index in [2.05, 4.69) is 5.32 Å². The molecule has 0 aliphatic carbocycles. The van der Waals surface area contributed by atoms with Crippen LogP contribution in [0.4, 0.5) is 5.69 Å². The molecule has 0 radical (unpaired) electrons. The molecule has 6 nitrogen and oxygen atoms in total. The van der Waals surface area contributed by atoms with Gasteiger partial charge in [-0.25, -0.2) is 8.42 Å². The van der Waals surface area contributed by atoms with E-state index in [1.165, 1.54) is 23.5 Å². The largest absolute Gasteiger partial charge is 0.497 e. The van der Waals surface area contributed by atoms with Crippen LogP contribution in [0.25, 0.3) is 10.1 Å². The van der Waals surface area contributed by atoms with Crippen molar-refractivity contribution >= 4 is 43.0 Å². The second-order valence-corrected chi connectivity index (χ2v) is 9.93. The molecule has 1 aliphatic heterocycles. The number of anilines is 1. The van der Waals surface area contributed by atoms with Crippen LogP contribution >= 0.6 is 11.3 Å². The molecule has 1 saturated heterocycles. The molecule has 1 N–H and O–H groups in total. The van der Waals surface area contributed by atoms with Gasteiger partial charge in [-0.05, 0) is 72.1 Å². The summed E-state index contributed by atoms with van der Waals surface area (Å²) >= 11 is 1.65. The number of nitrogens with one attached hydrogen (secondary N) is 1. The molecule has 0 bridgehead atoms. The molecule has 8 heteroatoms. The van der Waals surface area contributed by atoms with Crippen LogP contribution in [0.5, 0.6) is 5.75 Å². The Morgan fingerprint density at radius 1 is 1.17 bits per heavy atom. The van der Waals surface area contributed by atoms with Gasteiger partial charge in [-0.3, -0.25) is 4.79 Å². The van der Waals surface area contributed by atoms with Crippen LogP contribution < -0.4 is 10.1 Å². The van der Waals surface area contributed by atoms with Gasteiger partial charge in [-0.1, -0.05) is 0 Å². The Morgan fingerprint density at radius 2 is 1.97 bits per heavy atom. The number of nitrogens with zero attached hydrogens (tertiary/aromatic N) is 1. The Hall–Kier alpha value is -2.42. The van der Waals surface area contributed by atoms with Gasteiger partial charge in [0.05, 0.1) is 17.9 Å². The summed E-state index contributed by atoms with van der Waals surface area (Å²) < 4.78 is 33.6. The van der Waals surface area contributed by atoms with E-state index < -0.39 is 10.0 Å². The van der Waals surface area contributed by atoms with Crippen molar-refractivity contribution in [2.75, 3.05) is 25.5 Å². The van der Waals surface area contributed by atoms with Crippen molar-refractivity contribution in [3.63, 3.8) is 0 Å². The molecular formula is C21H22N2O4S2. The highest BCUT2D eigenvalue weighted by molar-refractivity contribution is 7.89. The average molecular weight is 431 g/mol. The summed E-state index contributed by atoms with van der Waals surface area (Å²) in [5.74, 6) is 0.0756. The molecule has 2 heterocycles. The second-order valence-electron chi connectivity index (χ2n) is 7.04. The predicted molar refractivity (Wildman–Crippen MR) is 115 cm³/mol.